The number of fused-ring (bicyclic) bond motifs is 2. The first-order valence-corrected chi connectivity index (χ1v) is 6.84. The maximum atomic E-state index is 5.37. The standard InChI is InChI=1S/C14H18N2S/c17-14(15-12-4-2-1-3-5-12)16-13-9-10-6-7-11(13)8-10/h1-5,10-11,13H,6-9H2,(H2,15,16,17)/t10-,11+,13+/m0/s1. The smallest absolute Gasteiger partial charge is 0.171 e. The lowest BCUT2D eigenvalue weighted by atomic mass is 9.96. The quantitative estimate of drug-likeness (QED) is 0.784. The summed E-state index contributed by atoms with van der Waals surface area (Å²) >= 11 is 5.37. The summed E-state index contributed by atoms with van der Waals surface area (Å²) in [5.74, 6) is 1.81. The zero-order valence-electron chi connectivity index (χ0n) is 9.86. The van der Waals surface area contributed by atoms with Crippen LogP contribution >= 0.6 is 12.2 Å². The minimum Gasteiger partial charge on any atom is -0.359 e. The first-order valence-electron chi connectivity index (χ1n) is 6.44. The first-order chi connectivity index (χ1) is 8.31. The summed E-state index contributed by atoms with van der Waals surface area (Å²) in [4.78, 5) is 0. The minimum absolute atomic E-state index is 0.609. The Bertz CT molecular complexity index is 404. The number of hydrogen-bond donors (Lipinski definition) is 2. The van der Waals surface area contributed by atoms with Gasteiger partial charge in [-0.3, -0.25) is 0 Å². The third kappa shape index (κ3) is 2.44. The fourth-order valence-electron chi connectivity index (χ4n) is 3.28. The molecule has 2 aliphatic rings. The SMILES string of the molecule is S=C(Nc1ccccc1)N[C@@H]1C[C@H]2CC[C@@H]1C2. The molecule has 2 nitrogen and oxygen atoms in total. The van der Waals surface area contributed by atoms with Gasteiger partial charge in [-0.1, -0.05) is 24.6 Å². The van der Waals surface area contributed by atoms with Gasteiger partial charge in [-0.25, -0.2) is 0 Å². The summed E-state index contributed by atoms with van der Waals surface area (Å²) in [5.41, 5.74) is 1.06. The van der Waals surface area contributed by atoms with Gasteiger partial charge >= 0.3 is 0 Å². The van der Waals surface area contributed by atoms with E-state index in [0.29, 0.717) is 6.04 Å². The number of benzene rings is 1. The lowest BCUT2D eigenvalue weighted by molar-refractivity contribution is 0.392. The highest BCUT2D eigenvalue weighted by molar-refractivity contribution is 7.80. The normalized spacial score (nSPS) is 30.2. The van der Waals surface area contributed by atoms with Crippen molar-refractivity contribution in [3.63, 3.8) is 0 Å². The van der Waals surface area contributed by atoms with Gasteiger partial charge < -0.3 is 10.6 Å². The molecule has 2 saturated carbocycles. The third-order valence-electron chi connectivity index (χ3n) is 4.09. The Morgan fingerprint density at radius 2 is 1.94 bits per heavy atom. The summed E-state index contributed by atoms with van der Waals surface area (Å²) in [7, 11) is 0. The van der Waals surface area contributed by atoms with Crippen molar-refractivity contribution < 1.29 is 0 Å². The zero-order chi connectivity index (χ0) is 11.7. The zero-order valence-corrected chi connectivity index (χ0v) is 10.7. The van der Waals surface area contributed by atoms with Crippen molar-refractivity contribution >= 4 is 23.0 Å². The lowest BCUT2D eigenvalue weighted by Gasteiger charge is -2.24. The second kappa shape index (κ2) is 4.65. The van der Waals surface area contributed by atoms with E-state index < -0.39 is 0 Å². The van der Waals surface area contributed by atoms with Gasteiger partial charge in [0.2, 0.25) is 0 Å². The van der Waals surface area contributed by atoms with Gasteiger partial charge in [0, 0.05) is 11.7 Å². The van der Waals surface area contributed by atoms with E-state index >= 15 is 0 Å². The average Bonchev–Trinajstić information content (AvgIpc) is 2.92. The van der Waals surface area contributed by atoms with E-state index in [0.717, 1.165) is 22.6 Å². The molecule has 0 radical (unpaired) electrons. The van der Waals surface area contributed by atoms with Gasteiger partial charge in [-0.2, -0.15) is 0 Å². The van der Waals surface area contributed by atoms with Gasteiger partial charge in [0.1, 0.15) is 0 Å². The highest BCUT2D eigenvalue weighted by atomic mass is 32.1. The lowest BCUT2D eigenvalue weighted by Crippen LogP contribution is -2.40. The molecule has 0 unspecified atom stereocenters. The van der Waals surface area contributed by atoms with Crippen molar-refractivity contribution in [2.45, 2.75) is 31.7 Å². The molecule has 3 rings (SSSR count). The van der Waals surface area contributed by atoms with Crippen LogP contribution in [0.3, 0.4) is 0 Å². The Hall–Kier alpha value is -1.09. The van der Waals surface area contributed by atoms with Crippen molar-refractivity contribution in [2.24, 2.45) is 11.8 Å². The Labute approximate surface area is 108 Å². The Morgan fingerprint density at radius 3 is 2.59 bits per heavy atom. The van der Waals surface area contributed by atoms with E-state index in [9.17, 15) is 0 Å². The number of anilines is 1. The van der Waals surface area contributed by atoms with E-state index in [-0.39, 0.29) is 0 Å². The molecule has 0 spiro atoms. The van der Waals surface area contributed by atoms with Crippen molar-refractivity contribution in [3.05, 3.63) is 30.3 Å². The van der Waals surface area contributed by atoms with Crippen LogP contribution in [0.15, 0.2) is 30.3 Å². The molecule has 3 atom stereocenters. The third-order valence-corrected chi connectivity index (χ3v) is 4.31. The second-order valence-corrected chi connectivity index (χ2v) is 5.65. The van der Waals surface area contributed by atoms with Crippen LogP contribution in [0.5, 0.6) is 0 Å². The largest absolute Gasteiger partial charge is 0.359 e. The Kier molecular flexibility index (Phi) is 3.02. The van der Waals surface area contributed by atoms with Gasteiger partial charge in [-0.15, -0.1) is 0 Å². The molecule has 0 saturated heterocycles. The minimum atomic E-state index is 0.609. The van der Waals surface area contributed by atoms with E-state index in [4.69, 9.17) is 12.2 Å². The van der Waals surface area contributed by atoms with Crippen molar-refractivity contribution in [1.82, 2.24) is 5.32 Å². The molecule has 0 aromatic heterocycles. The summed E-state index contributed by atoms with van der Waals surface area (Å²) in [6.45, 7) is 0. The summed E-state index contributed by atoms with van der Waals surface area (Å²) < 4.78 is 0. The first kappa shape index (κ1) is 11.0. The highest BCUT2D eigenvalue weighted by Crippen LogP contribution is 2.44. The van der Waals surface area contributed by atoms with Gasteiger partial charge in [0.25, 0.3) is 0 Å². The van der Waals surface area contributed by atoms with Crippen LogP contribution in [-0.2, 0) is 0 Å². The average molecular weight is 246 g/mol. The maximum Gasteiger partial charge on any atom is 0.171 e. The Morgan fingerprint density at radius 1 is 1.12 bits per heavy atom. The van der Waals surface area contributed by atoms with Crippen LogP contribution in [0, 0.1) is 11.8 Å². The number of nitrogens with one attached hydrogen (secondary N) is 2. The summed E-state index contributed by atoms with van der Waals surface area (Å²) in [6, 6.07) is 10.7. The molecule has 17 heavy (non-hydrogen) atoms. The summed E-state index contributed by atoms with van der Waals surface area (Å²) in [5, 5.41) is 7.50. The van der Waals surface area contributed by atoms with Crippen LogP contribution < -0.4 is 10.6 Å². The molecule has 2 bridgehead atoms. The highest BCUT2D eigenvalue weighted by Gasteiger charge is 2.39. The van der Waals surface area contributed by atoms with Crippen LogP contribution in [0.1, 0.15) is 25.7 Å². The van der Waals surface area contributed by atoms with Crippen molar-refractivity contribution in [2.75, 3.05) is 5.32 Å². The van der Waals surface area contributed by atoms with Gasteiger partial charge in [-0.05, 0) is 55.4 Å². The number of para-hydroxylation sites is 1. The topological polar surface area (TPSA) is 24.1 Å². The molecule has 3 heteroatoms. The van der Waals surface area contributed by atoms with Gasteiger partial charge in [0.05, 0.1) is 0 Å². The molecule has 2 aliphatic carbocycles. The van der Waals surface area contributed by atoms with E-state index in [2.05, 4.69) is 10.6 Å². The fraction of sp³-hybridized carbons (Fsp3) is 0.500. The molecule has 1 aromatic carbocycles. The molecule has 90 valence electrons. The second-order valence-electron chi connectivity index (χ2n) is 5.25. The van der Waals surface area contributed by atoms with Crippen LogP contribution in [0.4, 0.5) is 5.69 Å². The molecule has 2 N–H and O–H groups in total. The van der Waals surface area contributed by atoms with Crippen LogP contribution in [0.2, 0.25) is 0 Å². The molecule has 0 heterocycles. The van der Waals surface area contributed by atoms with Gasteiger partial charge in [0.15, 0.2) is 5.11 Å². The van der Waals surface area contributed by atoms with Crippen LogP contribution in [0.25, 0.3) is 0 Å². The molecule has 1 aromatic rings. The van der Waals surface area contributed by atoms with E-state index in [1.165, 1.54) is 25.7 Å². The monoisotopic (exact) mass is 246 g/mol. The number of thiocarbonyl (C=S) groups is 1. The summed E-state index contributed by atoms with van der Waals surface area (Å²) in [6.07, 6.45) is 5.53. The van der Waals surface area contributed by atoms with Crippen LogP contribution in [-0.4, -0.2) is 11.2 Å². The molecular formula is C14H18N2S. The predicted octanol–water partition coefficient (Wildman–Crippen LogP) is 3.16. The number of rotatable bonds is 2. The molecule has 2 fully saturated rings. The van der Waals surface area contributed by atoms with E-state index in [1.807, 2.05) is 30.3 Å². The van der Waals surface area contributed by atoms with E-state index in [1.54, 1.807) is 0 Å². The Balaban J connectivity index is 1.54. The number of hydrogen-bond acceptors (Lipinski definition) is 1. The maximum absolute atomic E-state index is 5.37. The van der Waals surface area contributed by atoms with Crippen molar-refractivity contribution in [3.8, 4) is 0 Å². The molecule has 0 amide bonds. The van der Waals surface area contributed by atoms with Crippen molar-refractivity contribution in [1.29, 1.82) is 0 Å². The predicted molar refractivity (Wildman–Crippen MR) is 75.0 cm³/mol. The molecule has 0 aliphatic heterocycles. The fourth-order valence-corrected chi connectivity index (χ4v) is 3.55. The molecular weight excluding hydrogens is 228 g/mol.